The van der Waals surface area contributed by atoms with Gasteiger partial charge in [0.25, 0.3) is 0 Å². The zero-order valence-electron chi connectivity index (χ0n) is 23.9. The lowest BCUT2D eigenvalue weighted by molar-refractivity contribution is 0.849. The number of benzene rings is 7. The van der Waals surface area contributed by atoms with Crippen LogP contribution in [0.2, 0.25) is 0 Å². The zero-order chi connectivity index (χ0) is 28.8. The summed E-state index contributed by atoms with van der Waals surface area (Å²) in [6, 6.07) is 47.5. The summed E-state index contributed by atoms with van der Waals surface area (Å²) in [7, 11) is 0. The van der Waals surface area contributed by atoms with Gasteiger partial charge in [-0.2, -0.15) is 0 Å². The molecule has 2 heterocycles. The second-order valence-corrected chi connectivity index (χ2v) is 14.3. The molecule has 0 radical (unpaired) electrons. The molecule has 0 spiro atoms. The molecule has 1 aliphatic heterocycles. The molecule has 0 nitrogen and oxygen atoms in total. The molecule has 1 atom stereocenters. The minimum absolute atomic E-state index is 0.396. The Balaban J connectivity index is 1.10. The Bertz CT molecular complexity index is 2560. The maximum absolute atomic E-state index is 2.48. The van der Waals surface area contributed by atoms with Crippen molar-refractivity contribution in [3.8, 4) is 11.1 Å². The Morgan fingerprint density at radius 2 is 1.30 bits per heavy atom. The van der Waals surface area contributed by atoms with E-state index in [9.17, 15) is 0 Å². The smallest absolute Gasteiger partial charge is 0.0368 e. The lowest BCUT2D eigenvalue weighted by Gasteiger charge is -2.28. The quantitative estimate of drug-likeness (QED) is 0.192. The van der Waals surface area contributed by atoms with Crippen molar-refractivity contribution in [1.29, 1.82) is 0 Å². The van der Waals surface area contributed by atoms with Crippen LogP contribution in [0.1, 0.15) is 23.5 Å². The molecule has 0 bridgehead atoms. The molecule has 1 aromatic heterocycles. The van der Waals surface area contributed by atoms with Gasteiger partial charge >= 0.3 is 0 Å². The second kappa shape index (κ2) is 9.43. The van der Waals surface area contributed by atoms with Crippen LogP contribution in [-0.2, 0) is 0 Å². The van der Waals surface area contributed by atoms with Crippen LogP contribution in [0.25, 0.3) is 69.2 Å². The van der Waals surface area contributed by atoms with E-state index in [0.29, 0.717) is 5.92 Å². The predicted octanol–water partition coefficient (Wildman–Crippen LogP) is 12.7. The number of hydrogen-bond donors (Lipinski definition) is 0. The highest BCUT2D eigenvalue weighted by molar-refractivity contribution is 8.03. The van der Waals surface area contributed by atoms with E-state index >= 15 is 0 Å². The van der Waals surface area contributed by atoms with Gasteiger partial charge in [-0.3, -0.25) is 0 Å². The number of hydrogen-bond acceptors (Lipinski definition) is 2. The zero-order valence-corrected chi connectivity index (χ0v) is 25.5. The summed E-state index contributed by atoms with van der Waals surface area (Å²) in [6.45, 7) is 0. The molecule has 44 heavy (non-hydrogen) atoms. The Morgan fingerprint density at radius 3 is 2.16 bits per heavy atom. The maximum Gasteiger partial charge on any atom is 0.0368 e. The average molecular weight is 595 g/mol. The van der Waals surface area contributed by atoms with Crippen molar-refractivity contribution in [3.05, 3.63) is 156 Å². The van der Waals surface area contributed by atoms with E-state index < -0.39 is 0 Å². The summed E-state index contributed by atoms with van der Waals surface area (Å²) in [5.41, 5.74) is 6.75. The molecule has 7 aromatic carbocycles. The van der Waals surface area contributed by atoms with E-state index in [1.165, 1.54) is 90.1 Å². The Labute approximate surface area is 264 Å². The summed E-state index contributed by atoms with van der Waals surface area (Å²) in [5, 5.41) is 10.7. The SMILES string of the molecule is C1=CC(c2ccc3ccccc3c2)CC2=C1c1cc3sc4cc(-c5ccc6ccccc6c5)ccc4c3c3cccc(c13)S2. The summed E-state index contributed by atoms with van der Waals surface area (Å²) in [6.07, 6.45) is 5.89. The van der Waals surface area contributed by atoms with Crippen molar-refractivity contribution < 1.29 is 0 Å². The van der Waals surface area contributed by atoms with Gasteiger partial charge in [0.15, 0.2) is 0 Å². The van der Waals surface area contributed by atoms with Crippen LogP contribution in [0, 0.1) is 0 Å². The Kier molecular flexibility index (Phi) is 5.31. The third kappa shape index (κ3) is 3.71. The first-order chi connectivity index (χ1) is 21.8. The third-order valence-electron chi connectivity index (χ3n) is 9.57. The molecular weight excluding hydrogens is 569 g/mol. The molecule has 0 saturated carbocycles. The second-order valence-electron chi connectivity index (χ2n) is 12.1. The van der Waals surface area contributed by atoms with Crippen molar-refractivity contribution in [2.75, 3.05) is 0 Å². The van der Waals surface area contributed by atoms with Crippen LogP contribution in [0.15, 0.2) is 149 Å². The molecule has 206 valence electrons. The number of rotatable bonds is 2. The van der Waals surface area contributed by atoms with Gasteiger partial charge in [0.05, 0.1) is 0 Å². The molecular formula is C42H26S2. The van der Waals surface area contributed by atoms with Crippen LogP contribution in [0.5, 0.6) is 0 Å². The monoisotopic (exact) mass is 594 g/mol. The molecule has 10 rings (SSSR count). The summed E-state index contributed by atoms with van der Waals surface area (Å²) >= 11 is 3.92. The average Bonchev–Trinajstić information content (AvgIpc) is 3.45. The van der Waals surface area contributed by atoms with Crippen molar-refractivity contribution >= 4 is 81.2 Å². The van der Waals surface area contributed by atoms with Gasteiger partial charge in [-0.05, 0) is 90.3 Å². The van der Waals surface area contributed by atoms with Gasteiger partial charge in [0.2, 0.25) is 0 Å². The van der Waals surface area contributed by atoms with E-state index in [1.807, 2.05) is 23.1 Å². The fourth-order valence-electron chi connectivity index (χ4n) is 7.38. The first kappa shape index (κ1) is 24.8. The fraction of sp³-hybridized carbons (Fsp3) is 0.0476. The highest BCUT2D eigenvalue weighted by atomic mass is 32.2. The molecule has 1 unspecified atom stereocenters. The van der Waals surface area contributed by atoms with Crippen LogP contribution < -0.4 is 0 Å². The molecule has 0 N–H and O–H groups in total. The Hall–Kier alpha value is -4.63. The van der Waals surface area contributed by atoms with Crippen molar-refractivity contribution in [1.82, 2.24) is 0 Å². The minimum atomic E-state index is 0.396. The number of thioether (sulfide) groups is 1. The van der Waals surface area contributed by atoms with E-state index in [0.717, 1.165) is 6.42 Å². The van der Waals surface area contributed by atoms with E-state index in [1.54, 1.807) is 0 Å². The largest absolute Gasteiger partial charge is 0.135 e. The highest BCUT2D eigenvalue weighted by Crippen LogP contribution is 2.53. The number of thiophene rings is 1. The molecule has 0 fully saturated rings. The van der Waals surface area contributed by atoms with E-state index in [-0.39, 0.29) is 0 Å². The maximum atomic E-state index is 2.48. The van der Waals surface area contributed by atoms with Gasteiger partial charge in [0.1, 0.15) is 0 Å². The van der Waals surface area contributed by atoms with E-state index in [4.69, 9.17) is 0 Å². The van der Waals surface area contributed by atoms with Crippen LogP contribution in [0.3, 0.4) is 0 Å². The molecule has 2 aliphatic rings. The highest BCUT2D eigenvalue weighted by Gasteiger charge is 2.27. The minimum Gasteiger partial charge on any atom is -0.135 e. The van der Waals surface area contributed by atoms with Crippen LogP contribution in [-0.4, -0.2) is 0 Å². The molecule has 0 amide bonds. The van der Waals surface area contributed by atoms with Crippen molar-refractivity contribution in [2.45, 2.75) is 17.2 Å². The summed E-state index contributed by atoms with van der Waals surface area (Å²) in [4.78, 5) is 2.88. The van der Waals surface area contributed by atoms with Gasteiger partial charge in [-0.15, -0.1) is 11.3 Å². The summed E-state index contributed by atoms with van der Waals surface area (Å²) < 4.78 is 2.73. The van der Waals surface area contributed by atoms with Crippen molar-refractivity contribution in [3.63, 3.8) is 0 Å². The first-order valence-electron chi connectivity index (χ1n) is 15.3. The summed E-state index contributed by atoms with van der Waals surface area (Å²) in [5.74, 6) is 0.396. The predicted molar refractivity (Wildman–Crippen MR) is 193 cm³/mol. The third-order valence-corrected chi connectivity index (χ3v) is 11.9. The number of allylic oxidation sites excluding steroid dienone is 4. The normalized spacial score (nSPS) is 16.0. The molecule has 1 aliphatic carbocycles. The Morgan fingerprint density at radius 1 is 0.545 bits per heavy atom. The van der Waals surface area contributed by atoms with Gasteiger partial charge in [0, 0.05) is 36.4 Å². The molecule has 0 saturated heterocycles. The molecule has 8 aromatic rings. The lowest BCUT2D eigenvalue weighted by atomic mass is 9.85. The fourth-order valence-corrected chi connectivity index (χ4v) is 9.87. The van der Waals surface area contributed by atoms with Crippen LogP contribution >= 0.6 is 23.1 Å². The van der Waals surface area contributed by atoms with Gasteiger partial charge in [-0.1, -0.05) is 127 Å². The van der Waals surface area contributed by atoms with Gasteiger partial charge in [-0.25, -0.2) is 0 Å². The number of fused-ring (bicyclic) bond motifs is 7. The van der Waals surface area contributed by atoms with Gasteiger partial charge < -0.3 is 0 Å². The molecule has 2 heteroatoms. The van der Waals surface area contributed by atoms with E-state index in [2.05, 4.69) is 140 Å². The topological polar surface area (TPSA) is 0 Å². The van der Waals surface area contributed by atoms with Crippen LogP contribution in [0.4, 0.5) is 0 Å². The van der Waals surface area contributed by atoms with Crippen molar-refractivity contribution in [2.24, 2.45) is 0 Å². The standard InChI is InChI=1S/C42H26S2/c1-3-8-27-20-29(14-12-25(27)6-1)31-16-18-33-36-24-40-41(35-10-5-11-37(42(35)36)43-38(33)22-31)34-19-17-32(23-39(34)44-40)30-15-13-26-7-2-4-9-28(26)21-30/h1-21,23-24,31H,22H2. The first-order valence-corrected chi connectivity index (χ1v) is 16.9. The lowest BCUT2D eigenvalue weighted by Crippen LogP contribution is -2.06.